The lowest BCUT2D eigenvalue weighted by atomic mass is 10.2. The Bertz CT molecular complexity index is 1340. The Kier molecular flexibility index (Phi) is 5.48. The predicted molar refractivity (Wildman–Crippen MR) is 116 cm³/mol. The number of rotatable bonds is 6. The molecule has 0 spiro atoms. The Hall–Kier alpha value is -3.65. The maximum Gasteiger partial charge on any atom is 0.350 e. The van der Waals surface area contributed by atoms with Crippen molar-refractivity contribution < 1.29 is 14.4 Å². The normalized spacial score (nSPS) is 11.1. The molecule has 0 saturated carbocycles. The Morgan fingerprint density at radius 3 is 2.77 bits per heavy atom. The highest BCUT2D eigenvalue weighted by Gasteiger charge is 2.24. The molecule has 0 bridgehead atoms. The van der Waals surface area contributed by atoms with E-state index in [1.165, 1.54) is 4.40 Å². The SMILES string of the molecule is C=CCc1c(O)[n+](Cc2ccc(Cl)nc2)c2ccc(Oc3cc(C)nn3C)cn2c1=O. The quantitative estimate of drug-likeness (QED) is 0.284. The van der Waals surface area contributed by atoms with Crippen LogP contribution in [0.25, 0.3) is 5.65 Å². The van der Waals surface area contributed by atoms with Crippen molar-refractivity contribution in [3.05, 3.63) is 87.7 Å². The minimum Gasteiger partial charge on any atom is -0.477 e. The fourth-order valence-corrected chi connectivity index (χ4v) is 3.51. The van der Waals surface area contributed by atoms with E-state index in [9.17, 15) is 9.90 Å². The summed E-state index contributed by atoms with van der Waals surface area (Å²) in [6, 6.07) is 8.76. The van der Waals surface area contributed by atoms with Crippen LogP contribution >= 0.6 is 11.6 Å². The fourth-order valence-electron chi connectivity index (χ4n) is 3.39. The highest BCUT2D eigenvalue weighted by atomic mass is 35.5. The molecule has 1 N–H and O–H groups in total. The van der Waals surface area contributed by atoms with Crippen molar-refractivity contribution in [3.63, 3.8) is 0 Å². The molecule has 0 aliphatic heterocycles. The van der Waals surface area contributed by atoms with Crippen molar-refractivity contribution in [2.45, 2.75) is 19.9 Å². The molecular formula is C22H21ClN5O3+. The standard InChI is InChI=1S/C22H20ClN5O3/c1-4-5-17-21(29)27(12-15-6-8-18(23)24-11-15)19-9-7-16(13-28(19)22(17)30)31-20-10-14(2)25-26(20)3/h4,6-11,13H,1,5,12H2,2-3H3/p+1. The van der Waals surface area contributed by atoms with E-state index >= 15 is 0 Å². The first-order valence-corrected chi connectivity index (χ1v) is 9.95. The first kappa shape index (κ1) is 20.6. The van der Waals surface area contributed by atoms with Gasteiger partial charge >= 0.3 is 5.56 Å². The number of fused-ring (bicyclic) bond motifs is 1. The zero-order valence-electron chi connectivity index (χ0n) is 17.1. The molecule has 0 aromatic carbocycles. The number of allylic oxidation sites excluding steroid dienone is 1. The molecule has 0 aliphatic carbocycles. The van der Waals surface area contributed by atoms with Crippen molar-refractivity contribution in [3.8, 4) is 17.5 Å². The lowest BCUT2D eigenvalue weighted by Gasteiger charge is -2.10. The van der Waals surface area contributed by atoms with Crippen LogP contribution in [0.4, 0.5) is 0 Å². The van der Waals surface area contributed by atoms with Crippen LogP contribution in [0.1, 0.15) is 16.8 Å². The second-order valence-electron chi connectivity index (χ2n) is 7.12. The van der Waals surface area contributed by atoms with Crippen LogP contribution in [0, 0.1) is 6.92 Å². The molecule has 0 radical (unpaired) electrons. The summed E-state index contributed by atoms with van der Waals surface area (Å²) in [5.74, 6) is 0.901. The summed E-state index contributed by atoms with van der Waals surface area (Å²) in [7, 11) is 1.78. The molecule has 31 heavy (non-hydrogen) atoms. The van der Waals surface area contributed by atoms with Gasteiger partial charge in [0.1, 0.15) is 23.5 Å². The Morgan fingerprint density at radius 2 is 2.13 bits per heavy atom. The lowest BCUT2D eigenvalue weighted by Crippen LogP contribution is -2.42. The summed E-state index contributed by atoms with van der Waals surface area (Å²) < 4.78 is 10.6. The first-order valence-electron chi connectivity index (χ1n) is 9.57. The molecule has 4 rings (SSSR count). The van der Waals surface area contributed by atoms with Crippen molar-refractivity contribution in [2.75, 3.05) is 0 Å². The van der Waals surface area contributed by atoms with Gasteiger partial charge in [-0.15, -0.1) is 6.58 Å². The van der Waals surface area contributed by atoms with Crippen molar-refractivity contribution in [1.29, 1.82) is 0 Å². The van der Waals surface area contributed by atoms with Crippen molar-refractivity contribution >= 4 is 17.2 Å². The van der Waals surface area contributed by atoms with Gasteiger partial charge in [-0.05, 0) is 19.1 Å². The van der Waals surface area contributed by atoms with Gasteiger partial charge in [0, 0.05) is 37.4 Å². The summed E-state index contributed by atoms with van der Waals surface area (Å²) in [5, 5.41) is 15.5. The zero-order chi connectivity index (χ0) is 22.1. The van der Waals surface area contributed by atoms with Crippen molar-refractivity contribution in [2.24, 2.45) is 7.05 Å². The maximum atomic E-state index is 13.1. The second kappa shape index (κ2) is 8.23. The van der Waals surface area contributed by atoms with Gasteiger partial charge in [0.2, 0.25) is 5.88 Å². The summed E-state index contributed by atoms with van der Waals surface area (Å²) in [6.45, 7) is 5.87. The van der Waals surface area contributed by atoms with Gasteiger partial charge in [0.25, 0.3) is 11.5 Å². The van der Waals surface area contributed by atoms with Crippen LogP contribution < -0.4 is 14.9 Å². The predicted octanol–water partition coefficient (Wildman–Crippen LogP) is 2.95. The molecule has 0 atom stereocenters. The molecule has 4 aromatic heterocycles. The average molecular weight is 439 g/mol. The van der Waals surface area contributed by atoms with Crippen LogP contribution in [0.2, 0.25) is 5.15 Å². The molecule has 0 aliphatic rings. The lowest BCUT2D eigenvalue weighted by molar-refractivity contribution is -0.672. The first-order chi connectivity index (χ1) is 14.9. The van der Waals surface area contributed by atoms with E-state index in [0.717, 1.165) is 11.3 Å². The Labute approximate surface area is 183 Å². The summed E-state index contributed by atoms with van der Waals surface area (Å²) in [4.78, 5) is 17.2. The minimum absolute atomic E-state index is 0.115. The van der Waals surface area contributed by atoms with E-state index in [4.69, 9.17) is 16.3 Å². The molecule has 4 heterocycles. The molecule has 0 unspecified atom stereocenters. The topological polar surface area (TPSA) is 85.5 Å². The number of nitrogens with zero attached hydrogens (tertiary/aromatic N) is 5. The molecule has 158 valence electrons. The van der Waals surface area contributed by atoms with Crippen LogP contribution in [0.15, 0.2) is 60.2 Å². The third kappa shape index (κ3) is 4.02. The Balaban J connectivity index is 1.85. The van der Waals surface area contributed by atoms with E-state index in [2.05, 4.69) is 16.7 Å². The average Bonchev–Trinajstić information content (AvgIpc) is 3.06. The molecular weight excluding hydrogens is 418 g/mol. The number of hydrogen-bond acceptors (Lipinski definition) is 5. The molecule has 4 aromatic rings. The zero-order valence-corrected chi connectivity index (χ0v) is 17.9. The molecule has 9 heteroatoms. The van der Waals surface area contributed by atoms with E-state index < -0.39 is 0 Å². The van der Waals surface area contributed by atoms with Gasteiger partial charge in [0.15, 0.2) is 5.75 Å². The summed E-state index contributed by atoms with van der Waals surface area (Å²) >= 11 is 5.88. The third-order valence-electron chi connectivity index (χ3n) is 4.84. The minimum atomic E-state index is -0.343. The van der Waals surface area contributed by atoms with E-state index in [-0.39, 0.29) is 23.4 Å². The smallest absolute Gasteiger partial charge is 0.350 e. The van der Waals surface area contributed by atoms with Crippen LogP contribution in [-0.2, 0) is 20.0 Å². The molecule has 0 amide bonds. The van der Waals surface area contributed by atoms with Crippen molar-refractivity contribution in [1.82, 2.24) is 19.2 Å². The highest BCUT2D eigenvalue weighted by molar-refractivity contribution is 6.29. The van der Waals surface area contributed by atoms with E-state index in [1.54, 1.807) is 59.0 Å². The number of halogens is 1. The monoisotopic (exact) mass is 438 g/mol. The Morgan fingerprint density at radius 1 is 1.32 bits per heavy atom. The second-order valence-corrected chi connectivity index (χ2v) is 7.51. The van der Waals surface area contributed by atoms with Gasteiger partial charge in [-0.1, -0.05) is 23.7 Å². The van der Waals surface area contributed by atoms with Crippen LogP contribution in [0.3, 0.4) is 0 Å². The van der Waals surface area contributed by atoms with E-state index in [0.29, 0.717) is 29.0 Å². The number of hydrogen-bond donors (Lipinski definition) is 1. The van der Waals surface area contributed by atoms with Crippen LogP contribution in [0.5, 0.6) is 17.5 Å². The molecule has 0 saturated heterocycles. The maximum absolute atomic E-state index is 13.1. The largest absolute Gasteiger partial charge is 0.477 e. The van der Waals surface area contributed by atoms with Crippen LogP contribution in [-0.4, -0.2) is 24.3 Å². The number of aromatic nitrogens is 5. The number of aryl methyl sites for hydroxylation is 2. The third-order valence-corrected chi connectivity index (χ3v) is 5.06. The van der Waals surface area contributed by atoms with Gasteiger partial charge in [-0.25, -0.2) is 14.5 Å². The number of ether oxygens (including phenoxy) is 1. The summed E-state index contributed by atoms with van der Waals surface area (Å²) in [5.41, 5.74) is 2.04. The van der Waals surface area contributed by atoms with Gasteiger partial charge in [-0.3, -0.25) is 0 Å². The highest BCUT2D eigenvalue weighted by Crippen LogP contribution is 2.22. The fraction of sp³-hybridized carbons (Fsp3) is 0.182. The number of pyridine rings is 2. The summed E-state index contributed by atoms with van der Waals surface area (Å²) in [6.07, 6.45) is 5.03. The van der Waals surface area contributed by atoms with Gasteiger partial charge in [-0.2, -0.15) is 14.1 Å². The number of aromatic hydroxyl groups is 1. The van der Waals surface area contributed by atoms with E-state index in [1.807, 2.05) is 13.0 Å². The molecule has 8 nitrogen and oxygen atoms in total. The molecule has 0 fully saturated rings. The van der Waals surface area contributed by atoms with Gasteiger partial charge in [0.05, 0.1) is 5.69 Å². The van der Waals surface area contributed by atoms with Gasteiger partial charge < -0.3 is 9.84 Å².